The van der Waals surface area contributed by atoms with E-state index in [4.69, 9.17) is 0 Å². The molecule has 3 aromatic heterocycles. The molecule has 1 N–H and O–H groups in total. The summed E-state index contributed by atoms with van der Waals surface area (Å²) in [6, 6.07) is 8.06. The van der Waals surface area contributed by atoms with E-state index in [1.807, 2.05) is 19.9 Å². The molecule has 0 aliphatic carbocycles. The number of amides is 1. The number of aryl methyl sites for hydroxylation is 2. The molecule has 0 bridgehead atoms. The zero-order valence-electron chi connectivity index (χ0n) is 14.1. The maximum atomic E-state index is 14.5. The van der Waals surface area contributed by atoms with Gasteiger partial charge in [-0.15, -0.1) is 0 Å². The average Bonchev–Trinajstić information content (AvgIpc) is 3.18. The summed E-state index contributed by atoms with van der Waals surface area (Å²) in [5.41, 5.74) is 2.62. The van der Waals surface area contributed by atoms with Crippen LogP contribution in [0.4, 0.5) is 10.1 Å². The Labute approximate surface area is 148 Å². The van der Waals surface area contributed by atoms with Crippen molar-refractivity contribution in [1.29, 1.82) is 0 Å². The van der Waals surface area contributed by atoms with Crippen molar-refractivity contribution in [2.75, 3.05) is 5.32 Å². The van der Waals surface area contributed by atoms with Crippen LogP contribution in [-0.2, 0) is 0 Å². The van der Waals surface area contributed by atoms with Crippen LogP contribution in [0.3, 0.4) is 0 Å². The van der Waals surface area contributed by atoms with Gasteiger partial charge in [-0.1, -0.05) is 0 Å². The first-order valence-corrected chi connectivity index (χ1v) is 7.95. The van der Waals surface area contributed by atoms with Crippen molar-refractivity contribution in [3.05, 3.63) is 71.8 Å². The van der Waals surface area contributed by atoms with E-state index >= 15 is 0 Å². The van der Waals surface area contributed by atoms with Crippen LogP contribution in [-0.4, -0.2) is 30.1 Å². The van der Waals surface area contributed by atoms with Crippen molar-refractivity contribution in [3.8, 4) is 5.69 Å². The number of imidazole rings is 1. The molecule has 8 heteroatoms. The normalized spacial score (nSPS) is 11.0. The van der Waals surface area contributed by atoms with Crippen molar-refractivity contribution in [3.63, 3.8) is 0 Å². The van der Waals surface area contributed by atoms with Gasteiger partial charge in [0, 0.05) is 23.8 Å². The molecule has 7 nitrogen and oxygen atoms in total. The molecule has 130 valence electrons. The first-order chi connectivity index (χ1) is 12.5. The number of hydrogen-bond acceptors (Lipinski definition) is 4. The number of carbonyl (C=O) groups excluding carboxylic acids is 1. The lowest BCUT2D eigenvalue weighted by atomic mass is 10.2. The molecule has 0 spiro atoms. The summed E-state index contributed by atoms with van der Waals surface area (Å²) in [4.78, 5) is 20.6. The Hall–Kier alpha value is -3.55. The Kier molecular flexibility index (Phi) is 3.72. The molecule has 3 heterocycles. The Balaban J connectivity index is 1.62. The smallest absolute Gasteiger partial charge is 0.274 e. The van der Waals surface area contributed by atoms with Crippen LogP contribution in [0.5, 0.6) is 0 Å². The highest BCUT2D eigenvalue weighted by atomic mass is 19.1. The van der Waals surface area contributed by atoms with Crippen LogP contribution in [0.15, 0.2) is 48.9 Å². The zero-order chi connectivity index (χ0) is 18.3. The van der Waals surface area contributed by atoms with Crippen molar-refractivity contribution in [2.45, 2.75) is 13.8 Å². The second-order valence-electron chi connectivity index (χ2n) is 5.89. The minimum Gasteiger partial charge on any atom is -0.321 e. The van der Waals surface area contributed by atoms with E-state index in [0.717, 1.165) is 11.4 Å². The van der Waals surface area contributed by atoms with Gasteiger partial charge in [0.2, 0.25) is 5.78 Å². The van der Waals surface area contributed by atoms with Gasteiger partial charge in [-0.2, -0.15) is 5.10 Å². The number of nitrogens with zero attached hydrogens (tertiary/aromatic N) is 5. The molecule has 1 aromatic carbocycles. The molecular formula is C18H15FN6O. The van der Waals surface area contributed by atoms with E-state index in [1.54, 1.807) is 35.0 Å². The fourth-order valence-corrected chi connectivity index (χ4v) is 2.82. The van der Waals surface area contributed by atoms with Crippen molar-refractivity contribution in [2.24, 2.45) is 0 Å². The van der Waals surface area contributed by atoms with Gasteiger partial charge in [-0.25, -0.2) is 19.0 Å². The molecule has 4 rings (SSSR count). The van der Waals surface area contributed by atoms with Gasteiger partial charge >= 0.3 is 0 Å². The predicted molar refractivity (Wildman–Crippen MR) is 93.9 cm³/mol. The molecule has 0 saturated carbocycles. The number of hydrogen-bond donors (Lipinski definition) is 1. The fraction of sp³-hybridized carbons (Fsp3) is 0.111. The Morgan fingerprint density at radius 2 is 2.04 bits per heavy atom. The molecule has 0 aliphatic rings. The summed E-state index contributed by atoms with van der Waals surface area (Å²) in [5.74, 6) is -0.457. The highest BCUT2D eigenvalue weighted by molar-refractivity contribution is 6.03. The maximum absolute atomic E-state index is 14.5. The van der Waals surface area contributed by atoms with E-state index in [-0.39, 0.29) is 0 Å². The van der Waals surface area contributed by atoms with Gasteiger partial charge in [-0.05, 0) is 44.2 Å². The molecule has 0 atom stereocenters. The lowest BCUT2D eigenvalue weighted by molar-refractivity contribution is 0.102. The van der Waals surface area contributed by atoms with Gasteiger partial charge in [0.1, 0.15) is 11.4 Å². The van der Waals surface area contributed by atoms with E-state index in [9.17, 15) is 9.18 Å². The summed E-state index contributed by atoms with van der Waals surface area (Å²) in [6.07, 6.45) is 4.71. The van der Waals surface area contributed by atoms with Crippen LogP contribution >= 0.6 is 0 Å². The van der Waals surface area contributed by atoms with Crippen LogP contribution < -0.4 is 5.32 Å². The number of carbonyl (C=O) groups is 1. The number of fused-ring (bicyclic) bond motifs is 1. The molecule has 4 aromatic rings. The first kappa shape index (κ1) is 15.9. The third-order valence-corrected chi connectivity index (χ3v) is 3.96. The monoisotopic (exact) mass is 350 g/mol. The minimum atomic E-state index is -0.478. The van der Waals surface area contributed by atoms with Crippen LogP contribution in [0.2, 0.25) is 0 Å². The van der Waals surface area contributed by atoms with Gasteiger partial charge < -0.3 is 5.32 Å². The van der Waals surface area contributed by atoms with Crippen LogP contribution in [0.1, 0.15) is 21.9 Å². The first-order valence-electron chi connectivity index (χ1n) is 7.95. The van der Waals surface area contributed by atoms with Gasteiger partial charge in [0.25, 0.3) is 5.91 Å². The van der Waals surface area contributed by atoms with E-state index in [2.05, 4.69) is 20.4 Å². The number of rotatable bonds is 3. The molecular weight excluding hydrogens is 335 g/mol. The second kappa shape index (κ2) is 6.07. The second-order valence-corrected chi connectivity index (χ2v) is 5.89. The van der Waals surface area contributed by atoms with Gasteiger partial charge in [-0.3, -0.25) is 9.20 Å². The molecule has 0 saturated heterocycles. The third-order valence-electron chi connectivity index (χ3n) is 3.96. The summed E-state index contributed by atoms with van der Waals surface area (Å²) in [7, 11) is 0. The molecule has 0 fully saturated rings. The van der Waals surface area contributed by atoms with Crippen LogP contribution in [0, 0.1) is 19.7 Å². The number of nitrogens with one attached hydrogen (secondary N) is 1. The Bertz CT molecular complexity index is 1130. The lowest BCUT2D eigenvalue weighted by Gasteiger charge is -2.09. The van der Waals surface area contributed by atoms with Gasteiger partial charge in [0.15, 0.2) is 5.82 Å². The Morgan fingerprint density at radius 1 is 1.19 bits per heavy atom. The number of aromatic nitrogens is 5. The highest BCUT2D eigenvalue weighted by Crippen LogP contribution is 2.20. The summed E-state index contributed by atoms with van der Waals surface area (Å²) in [5, 5.41) is 6.96. The number of halogens is 1. The molecule has 0 radical (unpaired) electrons. The molecule has 0 unspecified atom stereocenters. The van der Waals surface area contributed by atoms with E-state index in [0.29, 0.717) is 22.8 Å². The quantitative estimate of drug-likeness (QED) is 0.616. The predicted octanol–water partition coefficient (Wildman–Crippen LogP) is 2.92. The van der Waals surface area contributed by atoms with E-state index in [1.165, 1.54) is 16.9 Å². The standard InChI is InChI=1S/C18H15FN6O/c1-11-8-12(2)25(23-11)15-5-4-13(9-14(15)19)22-17(26)16-10-21-18-20-6-3-7-24(16)18/h3-10H,1-2H3,(H,22,26). The molecule has 0 aliphatic heterocycles. The summed E-state index contributed by atoms with van der Waals surface area (Å²) >= 11 is 0. The van der Waals surface area contributed by atoms with E-state index < -0.39 is 11.7 Å². The van der Waals surface area contributed by atoms with Crippen LogP contribution in [0.25, 0.3) is 11.5 Å². The largest absolute Gasteiger partial charge is 0.321 e. The minimum absolute atomic E-state index is 0.316. The molecule has 26 heavy (non-hydrogen) atoms. The fourth-order valence-electron chi connectivity index (χ4n) is 2.82. The average molecular weight is 350 g/mol. The number of benzene rings is 1. The van der Waals surface area contributed by atoms with Gasteiger partial charge in [0.05, 0.1) is 11.9 Å². The topological polar surface area (TPSA) is 77.1 Å². The third kappa shape index (κ3) is 2.71. The molecule has 1 amide bonds. The summed E-state index contributed by atoms with van der Waals surface area (Å²) < 4.78 is 17.6. The van der Waals surface area contributed by atoms with Crippen molar-refractivity contribution < 1.29 is 9.18 Å². The SMILES string of the molecule is Cc1cc(C)n(-c2ccc(NC(=O)c3cnc4ncccn34)cc2F)n1. The van der Waals surface area contributed by atoms with Crippen molar-refractivity contribution in [1.82, 2.24) is 24.1 Å². The lowest BCUT2D eigenvalue weighted by Crippen LogP contribution is -2.14. The zero-order valence-corrected chi connectivity index (χ0v) is 14.1. The summed E-state index contributed by atoms with van der Waals surface area (Å²) in [6.45, 7) is 3.70. The Morgan fingerprint density at radius 3 is 2.77 bits per heavy atom. The van der Waals surface area contributed by atoms with Crippen molar-refractivity contribution >= 4 is 17.4 Å². The highest BCUT2D eigenvalue weighted by Gasteiger charge is 2.15. The maximum Gasteiger partial charge on any atom is 0.274 e. The number of anilines is 1.